The molecule has 2 rings (SSSR count). The molecule has 21 heavy (non-hydrogen) atoms. The SMILES string of the molecule is O=C(N[C@@H](C(=O)O)c1ccccc1Cl)c1ccccc1O. The summed E-state index contributed by atoms with van der Waals surface area (Å²) < 4.78 is 0. The molecule has 0 heterocycles. The van der Waals surface area contributed by atoms with Crippen molar-refractivity contribution in [2.45, 2.75) is 6.04 Å². The summed E-state index contributed by atoms with van der Waals surface area (Å²) in [6.07, 6.45) is 0. The Morgan fingerprint density at radius 3 is 2.29 bits per heavy atom. The van der Waals surface area contributed by atoms with E-state index >= 15 is 0 Å². The second-order valence-electron chi connectivity index (χ2n) is 4.28. The van der Waals surface area contributed by atoms with E-state index in [4.69, 9.17) is 11.6 Å². The zero-order valence-corrected chi connectivity index (χ0v) is 11.5. The van der Waals surface area contributed by atoms with E-state index in [1.54, 1.807) is 30.3 Å². The molecule has 0 radical (unpaired) electrons. The molecule has 0 aliphatic rings. The second-order valence-corrected chi connectivity index (χ2v) is 4.69. The van der Waals surface area contributed by atoms with Crippen LogP contribution in [0, 0.1) is 0 Å². The summed E-state index contributed by atoms with van der Waals surface area (Å²) in [6.45, 7) is 0. The van der Waals surface area contributed by atoms with Gasteiger partial charge in [0.05, 0.1) is 5.56 Å². The van der Waals surface area contributed by atoms with Crippen molar-refractivity contribution in [3.05, 3.63) is 64.7 Å². The van der Waals surface area contributed by atoms with Gasteiger partial charge in [-0.1, -0.05) is 41.9 Å². The molecule has 0 bridgehead atoms. The smallest absolute Gasteiger partial charge is 0.330 e. The molecular formula is C15H12ClNO4. The van der Waals surface area contributed by atoms with E-state index < -0.39 is 17.9 Å². The zero-order chi connectivity index (χ0) is 15.4. The highest BCUT2D eigenvalue weighted by atomic mass is 35.5. The number of carbonyl (C=O) groups is 2. The van der Waals surface area contributed by atoms with Gasteiger partial charge in [-0.15, -0.1) is 0 Å². The van der Waals surface area contributed by atoms with E-state index in [0.29, 0.717) is 0 Å². The summed E-state index contributed by atoms with van der Waals surface area (Å²) in [5.41, 5.74) is 0.270. The number of rotatable bonds is 4. The minimum atomic E-state index is -1.30. The van der Waals surface area contributed by atoms with Crippen LogP contribution >= 0.6 is 11.6 Å². The molecular weight excluding hydrogens is 294 g/mol. The number of hydrogen-bond acceptors (Lipinski definition) is 3. The van der Waals surface area contributed by atoms with Gasteiger partial charge in [0.2, 0.25) is 0 Å². The van der Waals surface area contributed by atoms with Gasteiger partial charge in [-0.25, -0.2) is 4.79 Å². The third kappa shape index (κ3) is 3.32. The summed E-state index contributed by atoms with van der Waals surface area (Å²) >= 11 is 5.96. The molecule has 2 aromatic rings. The molecule has 1 atom stereocenters. The summed E-state index contributed by atoms with van der Waals surface area (Å²) in [7, 11) is 0. The van der Waals surface area contributed by atoms with Crippen LogP contribution < -0.4 is 5.32 Å². The van der Waals surface area contributed by atoms with Gasteiger partial charge in [-0.05, 0) is 18.2 Å². The number of phenols is 1. The molecule has 0 aliphatic carbocycles. The quantitative estimate of drug-likeness (QED) is 0.810. The number of phenolic OH excluding ortho intramolecular Hbond substituents is 1. The van der Waals surface area contributed by atoms with Crippen molar-refractivity contribution in [3.8, 4) is 5.75 Å². The Kier molecular flexibility index (Phi) is 4.45. The average molecular weight is 306 g/mol. The maximum Gasteiger partial charge on any atom is 0.330 e. The van der Waals surface area contributed by atoms with E-state index in [-0.39, 0.29) is 21.9 Å². The summed E-state index contributed by atoms with van der Waals surface area (Å²) in [5.74, 6) is -2.16. The van der Waals surface area contributed by atoms with Crippen molar-refractivity contribution in [3.63, 3.8) is 0 Å². The molecule has 0 unspecified atom stereocenters. The summed E-state index contributed by atoms with van der Waals surface area (Å²) in [4.78, 5) is 23.5. The highest BCUT2D eigenvalue weighted by Gasteiger charge is 2.25. The van der Waals surface area contributed by atoms with Crippen molar-refractivity contribution < 1.29 is 19.8 Å². The number of benzene rings is 2. The van der Waals surface area contributed by atoms with Crippen LogP contribution in [-0.2, 0) is 4.79 Å². The highest BCUT2D eigenvalue weighted by molar-refractivity contribution is 6.31. The lowest BCUT2D eigenvalue weighted by molar-refractivity contribution is -0.139. The maximum atomic E-state index is 12.1. The molecule has 1 amide bonds. The van der Waals surface area contributed by atoms with Gasteiger partial charge in [0.15, 0.2) is 6.04 Å². The van der Waals surface area contributed by atoms with Gasteiger partial charge in [0.25, 0.3) is 5.91 Å². The number of carboxylic acid groups (broad SMARTS) is 1. The predicted octanol–water partition coefficient (Wildman–Crippen LogP) is 2.60. The molecule has 2 aromatic carbocycles. The number of carboxylic acids is 1. The fraction of sp³-hybridized carbons (Fsp3) is 0.0667. The lowest BCUT2D eigenvalue weighted by Gasteiger charge is -2.16. The van der Waals surface area contributed by atoms with Crippen LogP contribution in [0.5, 0.6) is 5.75 Å². The maximum absolute atomic E-state index is 12.1. The van der Waals surface area contributed by atoms with Crippen LogP contribution in [0.1, 0.15) is 22.0 Å². The van der Waals surface area contributed by atoms with Gasteiger partial charge in [-0.2, -0.15) is 0 Å². The van der Waals surface area contributed by atoms with E-state index in [0.717, 1.165) is 0 Å². The first-order chi connectivity index (χ1) is 10.0. The molecule has 0 aromatic heterocycles. The average Bonchev–Trinajstić information content (AvgIpc) is 2.45. The summed E-state index contributed by atoms with van der Waals surface area (Å²) in [5, 5.41) is 21.5. The topological polar surface area (TPSA) is 86.6 Å². The first-order valence-electron chi connectivity index (χ1n) is 6.07. The van der Waals surface area contributed by atoms with Crippen LogP contribution in [-0.4, -0.2) is 22.1 Å². The third-order valence-electron chi connectivity index (χ3n) is 2.89. The number of carbonyl (C=O) groups excluding carboxylic acids is 1. The number of halogens is 1. The fourth-order valence-corrected chi connectivity index (χ4v) is 2.10. The Bertz CT molecular complexity index is 687. The first-order valence-corrected chi connectivity index (χ1v) is 6.44. The van der Waals surface area contributed by atoms with Gasteiger partial charge < -0.3 is 15.5 Å². The standard InChI is InChI=1S/C15H12ClNO4/c16-11-7-3-1-5-9(11)13(15(20)21)17-14(19)10-6-2-4-8-12(10)18/h1-8,13,18H,(H,17,19)(H,20,21)/t13-/m1/s1. The third-order valence-corrected chi connectivity index (χ3v) is 3.23. The minimum Gasteiger partial charge on any atom is -0.507 e. The molecule has 108 valence electrons. The molecule has 0 saturated heterocycles. The van der Waals surface area contributed by atoms with E-state index in [1.165, 1.54) is 18.2 Å². The molecule has 3 N–H and O–H groups in total. The Hall–Kier alpha value is -2.53. The number of aliphatic carboxylic acids is 1. The van der Waals surface area contributed by atoms with E-state index in [2.05, 4.69) is 5.32 Å². The highest BCUT2D eigenvalue weighted by Crippen LogP contribution is 2.24. The Balaban J connectivity index is 2.30. The predicted molar refractivity (Wildman–Crippen MR) is 77.4 cm³/mol. The van der Waals surface area contributed by atoms with Crippen LogP contribution in [0.4, 0.5) is 0 Å². The second kappa shape index (κ2) is 6.28. The molecule has 5 nitrogen and oxygen atoms in total. The monoisotopic (exact) mass is 305 g/mol. The van der Waals surface area contributed by atoms with Crippen molar-refractivity contribution in [1.82, 2.24) is 5.32 Å². The first kappa shape index (κ1) is 14.9. The fourth-order valence-electron chi connectivity index (χ4n) is 1.86. The normalized spacial score (nSPS) is 11.7. The van der Waals surface area contributed by atoms with Crippen LogP contribution in [0.3, 0.4) is 0 Å². The van der Waals surface area contributed by atoms with Crippen molar-refractivity contribution in [1.29, 1.82) is 0 Å². The lowest BCUT2D eigenvalue weighted by Crippen LogP contribution is -2.34. The van der Waals surface area contributed by atoms with Crippen molar-refractivity contribution in [2.24, 2.45) is 0 Å². The van der Waals surface area contributed by atoms with Gasteiger partial charge in [0, 0.05) is 10.6 Å². The van der Waals surface area contributed by atoms with Crippen molar-refractivity contribution in [2.75, 3.05) is 0 Å². The number of amides is 1. The van der Waals surface area contributed by atoms with Crippen LogP contribution in [0.15, 0.2) is 48.5 Å². The lowest BCUT2D eigenvalue weighted by atomic mass is 10.1. The Labute approximate surface area is 125 Å². The Morgan fingerprint density at radius 2 is 1.67 bits per heavy atom. The Morgan fingerprint density at radius 1 is 1.05 bits per heavy atom. The number of aromatic hydroxyl groups is 1. The molecule has 0 aliphatic heterocycles. The summed E-state index contributed by atoms with van der Waals surface area (Å²) in [6, 6.07) is 10.9. The van der Waals surface area contributed by atoms with Crippen LogP contribution in [0.2, 0.25) is 5.02 Å². The van der Waals surface area contributed by atoms with Crippen LogP contribution in [0.25, 0.3) is 0 Å². The molecule has 0 fully saturated rings. The van der Waals surface area contributed by atoms with E-state index in [9.17, 15) is 19.8 Å². The van der Waals surface area contributed by atoms with E-state index in [1.807, 2.05) is 0 Å². The van der Waals surface area contributed by atoms with Gasteiger partial charge >= 0.3 is 5.97 Å². The molecule has 0 saturated carbocycles. The number of nitrogens with one attached hydrogen (secondary N) is 1. The number of para-hydroxylation sites is 1. The van der Waals surface area contributed by atoms with Crippen molar-refractivity contribution >= 4 is 23.5 Å². The van der Waals surface area contributed by atoms with Gasteiger partial charge in [0.1, 0.15) is 5.75 Å². The molecule has 0 spiro atoms. The zero-order valence-electron chi connectivity index (χ0n) is 10.8. The minimum absolute atomic E-state index is 0.00389. The van der Waals surface area contributed by atoms with Gasteiger partial charge in [-0.3, -0.25) is 4.79 Å². The largest absolute Gasteiger partial charge is 0.507 e. The molecule has 6 heteroatoms. The number of hydrogen-bond donors (Lipinski definition) is 3.